The molecule has 3 aromatic carbocycles. The maximum atomic E-state index is 14.1. The standard InChI is InChI=1S/C35H35N3O9S/c1-7-45-34(40)31-21(4)36-35-37(32(31)24-11-15-27(47-20(2)3)29(18-24)44-6)33(39)30(48-35)17-23-10-14-26(28(16-23)43-5)46-19-22-8-12-25(13-9-22)38(41)42/h8-18,20,32H,7,19H2,1-6H3/b30-17-/t32-/m0/s1. The van der Waals surface area contributed by atoms with Crippen molar-refractivity contribution in [1.82, 2.24) is 4.57 Å². The predicted molar refractivity (Wildman–Crippen MR) is 180 cm³/mol. The van der Waals surface area contributed by atoms with E-state index in [0.717, 1.165) is 5.56 Å². The fourth-order valence-electron chi connectivity index (χ4n) is 5.23. The summed E-state index contributed by atoms with van der Waals surface area (Å²) in [5, 5.41) is 10.9. The molecule has 0 aliphatic carbocycles. The van der Waals surface area contributed by atoms with Crippen molar-refractivity contribution in [3.8, 4) is 23.0 Å². The number of esters is 1. The average molecular weight is 674 g/mol. The number of benzene rings is 3. The van der Waals surface area contributed by atoms with E-state index in [1.54, 1.807) is 68.5 Å². The molecule has 1 aliphatic heterocycles. The van der Waals surface area contributed by atoms with Gasteiger partial charge in [0.2, 0.25) is 0 Å². The van der Waals surface area contributed by atoms with E-state index < -0.39 is 16.9 Å². The number of nitrogens with zero attached hydrogens (tertiary/aromatic N) is 3. The van der Waals surface area contributed by atoms with Gasteiger partial charge in [-0.25, -0.2) is 9.79 Å². The van der Waals surface area contributed by atoms with E-state index in [4.69, 9.17) is 23.7 Å². The van der Waals surface area contributed by atoms with Crippen molar-refractivity contribution in [2.75, 3.05) is 20.8 Å². The van der Waals surface area contributed by atoms with Crippen LogP contribution in [0.3, 0.4) is 0 Å². The van der Waals surface area contributed by atoms with Gasteiger partial charge < -0.3 is 23.7 Å². The second-order valence-electron chi connectivity index (χ2n) is 11.0. The minimum absolute atomic E-state index is 0.00145. The van der Waals surface area contributed by atoms with Crippen LogP contribution in [0.4, 0.5) is 5.69 Å². The van der Waals surface area contributed by atoms with E-state index in [2.05, 4.69) is 4.99 Å². The molecule has 0 amide bonds. The molecule has 0 radical (unpaired) electrons. The Morgan fingerprint density at radius 1 is 1.02 bits per heavy atom. The zero-order chi connectivity index (χ0) is 34.5. The first-order valence-corrected chi connectivity index (χ1v) is 15.9. The molecule has 0 fully saturated rings. The smallest absolute Gasteiger partial charge is 0.338 e. The van der Waals surface area contributed by atoms with Crippen molar-refractivity contribution in [3.05, 3.63) is 118 Å². The maximum Gasteiger partial charge on any atom is 0.338 e. The molecular weight excluding hydrogens is 638 g/mol. The molecule has 0 N–H and O–H groups in total. The number of allylic oxidation sites excluding steroid dienone is 1. The monoisotopic (exact) mass is 673 g/mol. The summed E-state index contributed by atoms with van der Waals surface area (Å²) in [6, 6.07) is 15.9. The minimum atomic E-state index is -0.825. The SMILES string of the molecule is CCOC(=O)C1=C(C)N=c2s/c(=C\c3ccc(OCc4ccc([N+](=O)[O-])cc4)c(OC)c3)c(=O)n2[C@H]1c1ccc(OC(C)C)c(OC)c1. The Morgan fingerprint density at radius 2 is 1.71 bits per heavy atom. The number of hydrogen-bond acceptors (Lipinski definition) is 11. The number of carbonyl (C=O) groups excluding carboxylic acids is 1. The van der Waals surface area contributed by atoms with Crippen molar-refractivity contribution >= 4 is 29.1 Å². The van der Waals surface area contributed by atoms with Crippen LogP contribution in [-0.2, 0) is 16.1 Å². The number of rotatable bonds is 12. The van der Waals surface area contributed by atoms with Gasteiger partial charge in [-0.05, 0) is 86.9 Å². The molecule has 48 heavy (non-hydrogen) atoms. The molecule has 0 unspecified atom stereocenters. The third-order valence-electron chi connectivity index (χ3n) is 7.41. The summed E-state index contributed by atoms with van der Waals surface area (Å²) < 4.78 is 30.3. The lowest BCUT2D eigenvalue weighted by Crippen LogP contribution is -2.40. The molecule has 2 heterocycles. The highest BCUT2D eigenvalue weighted by molar-refractivity contribution is 7.07. The molecule has 0 saturated heterocycles. The Balaban J connectivity index is 1.53. The van der Waals surface area contributed by atoms with Gasteiger partial charge in [-0.2, -0.15) is 0 Å². The fourth-order valence-corrected chi connectivity index (χ4v) is 6.28. The summed E-state index contributed by atoms with van der Waals surface area (Å²) in [4.78, 5) is 43.0. The van der Waals surface area contributed by atoms with Gasteiger partial charge in [0.15, 0.2) is 27.8 Å². The Hall–Kier alpha value is -5.43. The molecule has 12 nitrogen and oxygen atoms in total. The lowest BCUT2D eigenvalue weighted by atomic mass is 9.95. The van der Waals surface area contributed by atoms with Gasteiger partial charge >= 0.3 is 5.97 Å². The minimum Gasteiger partial charge on any atom is -0.493 e. The first-order valence-electron chi connectivity index (χ1n) is 15.1. The maximum absolute atomic E-state index is 14.1. The summed E-state index contributed by atoms with van der Waals surface area (Å²) in [6.45, 7) is 7.60. The molecule has 1 aliphatic rings. The van der Waals surface area contributed by atoms with Crippen LogP contribution in [0.1, 0.15) is 50.4 Å². The van der Waals surface area contributed by atoms with Crippen LogP contribution in [0.5, 0.6) is 23.0 Å². The number of non-ortho nitro benzene ring substituents is 1. The topological polar surface area (TPSA) is 141 Å². The number of nitro groups is 1. The van der Waals surface area contributed by atoms with E-state index in [9.17, 15) is 19.7 Å². The lowest BCUT2D eigenvalue weighted by Gasteiger charge is -2.25. The van der Waals surface area contributed by atoms with E-state index >= 15 is 0 Å². The van der Waals surface area contributed by atoms with Crippen molar-refractivity contribution in [2.24, 2.45) is 4.99 Å². The van der Waals surface area contributed by atoms with Crippen LogP contribution in [0, 0.1) is 10.1 Å². The van der Waals surface area contributed by atoms with Crippen LogP contribution in [0.2, 0.25) is 0 Å². The van der Waals surface area contributed by atoms with E-state index in [-0.39, 0.29) is 36.1 Å². The van der Waals surface area contributed by atoms with Crippen molar-refractivity contribution in [3.63, 3.8) is 0 Å². The highest BCUT2D eigenvalue weighted by atomic mass is 32.1. The average Bonchev–Trinajstić information content (AvgIpc) is 3.37. The van der Waals surface area contributed by atoms with Crippen LogP contribution >= 0.6 is 11.3 Å². The van der Waals surface area contributed by atoms with Crippen LogP contribution in [0.15, 0.2) is 81.7 Å². The number of fused-ring (bicyclic) bond motifs is 1. The van der Waals surface area contributed by atoms with Gasteiger partial charge in [0.05, 0.1) is 53.7 Å². The number of carbonyl (C=O) groups is 1. The molecule has 250 valence electrons. The molecular formula is C35H35N3O9S. The number of aromatic nitrogens is 1. The highest BCUT2D eigenvalue weighted by Crippen LogP contribution is 2.36. The van der Waals surface area contributed by atoms with Gasteiger partial charge in [0.25, 0.3) is 11.2 Å². The third kappa shape index (κ3) is 7.10. The van der Waals surface area contributed by atoms with Crippen molar-refractivity contribution < 1.29 is 33.4 Å². The van der Waals surface area contributed by atoms with E-state index in [1.165, 1.54) is 42.3 Å². The molecule has 13 heteroatoms. The molecule has 1 atom stereocenters. The molecule has 0 spiro atoms. The molecule has 0 bridgehead atoms. The Kier molecular flexibility index (Phi) is 10.3. The molecule has 0 saturated carbocycles. The predicted octanol–water partition coefficient (Wildman–Crippen LogP) is 5.09. The van der Waals surface area contributed by atoms with Gasteiger partial charge in [0.1, 0.15) is 6.61 Å². The van der Waals surface area contributed by atoms with Gasteiger partial charge in [-0.3, -0.25) is 19.5 Å². The first-order chi connectivity index (χ1) is 23.0. The second-order valence-corrected chi connectivity index (χ2v) is 12.0. The first kappa shape index (κ1) is 33.9. The van der Waals surface area contributed by atoms with Crippen molar-refractivity contribution in [2.45, 2.75) is 46.4 Å². The number of nitro benzene ring substituents is 1. The van der Waals surface area contributed by atoms with Crippen LogP contribution in [0.25, 0.3) is 6.08 Å². The summed E-state index contributed by atoms with van der Waals surface area (Å²) >= 11 is 1.20. The Bertz CT molecular complexity index is 2060. The Labute approximate surface area is 280 Å². The second kappa shape index (κ2) is 14.6. The number of hydrogen-bond donors (Lipinski definition) is 0. The lowest BCUT2D eigenvalue weighted by molar-refractivity contribution is -0.384. The van der Waals surface area contributed by atoms with Gasteiger partial charge in [-0.15, -0.1) is 0 Å². The molecule has 1 aromatic heterocycles. The Morgan fingerprint density at radius 3 is 2.35 bits per heavy atom. The summed E-state index contributed by atoms with van der Waals surface area (Å²) in [6.07, 6.45) is 1.64. The molecule has 5 rings (SSSR count). The van der Waals surface area contributed by atoms with Crippen molar-refractivity contribution in [1.29, 1.82) is 0 Å². The molecule has 4 aromatic rings. The van der Waals surface area contributed by atoms with Gasteiger partial charge in [-0.1, -0.05) is 23.5 Å². The summed E-state index contributed by atoms with van der Waals surface area (Å²) in [5.41, 5.74) is 2.42. The summed E-state index contributed by atoms with van der Waals surface area (Å²) in [5.74, 6) is 1.34. The zero-order valence-electron chi connectivity index (χ0n) is 27.3. The highest BCUT2D eigenvalue weighted by Gasteiger charge is 2.34. The van der Waals surface area contributed by atoms with Crippen LogP contribution in [-0.4, -0.2) is 42.4 Å². The van der Waals surface area contributed by atoms with E-state index in [1.807, 2.05) is 13.8 Å². The van der Waals surface area contributed by atoms with Crippen LogP contribution < -0.4 is 33.8 Å². The van der Waals surface area contributed by atoms with E-state index in [0.29, 0.717) is 49.2 Å². The number of methoxy groups -OCH3 is 2. The van der Waals surface area contributed by atoms with Gasteiger partial charge in [0, 0.05) is 12.1 Å². The normalized spacial score (nSPS) is 14.3. The quantitative estimate of drug-likeness (QED) is 0.114. The zero-order valence-corrected chi connectivity index (χ0v) is 28.2. The number of thiazole rings is 1. The third-order valence-corrected chi connectivity index (χ3v) is 8.39. The largest absolute Gasteiger partial charge is 0.493 e. The number of ether oxygens (including phenoxy) is 5. The summed E-state index contributed by atoms with van der Waals surface area (Å²) in [7, 11) is 3.04. The fraction of sp³-hybridized carbons (Fsp3) is 0.286.